The highest BCUT2D eigenvalue weighted by Gasteiger charge is 2.20. The molecule has 2 saturated carbocycles. The van der Waals surface area contributed by atoms with Crippen molar-refractivity contribution in [2.75, 3.05) is 19.6 Å². The lowest BCUT2D eigenvalue weighted by molar-refractivity contribution is 0.160. The molecule has 1 N–H and O–H groups in total. The van der Waals surface area contributed by atoms with Gasteiger partial charge in [-0.1, -0.05) is 39.0 Å². The predicted octanol–water partition coefficient (Wildman–Crippen LogP) is 3.95. The molecule has 0 amide bonds. The number of nitrogens with one attached hydrogen (secondary N) is 1. The Hall–Kier alpha value is -0.0800. The summed E-state index contributed by atoms with van der Waals surface area (Å²) in [6.07, 6.45) is 15.8. The Bertz CT molecular complexity index is 219. The first kappa shape index (κ1) is 15.3. The summed E-state index contributed by atoms with van der Waals surface area (Å²) in [4.78, 5) is 2.75. The van der Waals surface area contributed by atoms with E-state index in [4.69, 9.17) is 0 Å². The van der Waals surface area contributed by atoms with E-state index < -0.39 is 0 Å². The van der Waals surface area contributed by atoms with E-state index in [1.165, 1.54) is 90.3 Å². The zero-order chi connectivity index (χ0) is 13.3. The molecule has 2 rings (SSSR count). The van der Waals surface area contributed by atoms with Gasteiger partial charge in [0, 0.05) is 12.1 Å². The van der Waals surface area contributed by atoms with E-state index in [9.17, 15) is 0 Å². The molecule has 19 heavy (non-hydrogen) atoms. The molecule has 2 aliphatic carbocycles. The number of nitrogens with zero attached hydrogens (tertiary/aromatic N) is 1. The van der Waals surface area contributed by atoms with Crippen LogP contribution in [0.2, 0.25) is 0 Å². The Balaban J connectivity index is 1.45. The highest BCUT2D eigenvalue weighted by molar-refractivity contribution is 4.80. The van der Waals surface area contributed by atoms with E-state index in [0.717, 1.165) is 12.1 Å². The quantitative estimate of drug-likeness (QED) is 0.602. The smallest absolute Gasteiger partial charge is 0.00951 e. The second-order valence-corrected chi connectivity index (χ2v) is 6.56. The lowest BCUT2D eigenvalue weighted by atomic mass is 9.94. The number of hydrogen-bond acceptors (Lipinski definition) is 2. The molecular formula is C17H34N2. The van der Waals surface area contributed by atoms with Crippen molar-refractivity contribution in [1.29, 1.82) is 0 Å². The van der Waals surface area contributed by atoms with E-state index >= 15 is 0 Å². The first-order valence-corrected chi connectivity index (χ1v) is 8.87. The molecular weight excluding hydrogens is 232 g/mol. The van der Waals surface area contributed by atoms with Gasteiger partial charge >= 0.3 is 0 Å². The summed E-state index contributed by atoms with van der Waals surface area (Å²) >= 11 is 0. The van der Waals surface area contributed by atoms with Crippen molar-refractivity contribution in [2.45, 2.75) is 89.6 Å². The molecule has 2 fully saturated rings. The molecule has 2 aliphatic rings. The first-order valence-electron chi connectivity index (χ1n) is 8.87. The molecule has 0 spiro atoms. The average molecular weight is 266 g/mol. The fourth-order valence-corrected chi connectivity index (χ4v) is 3.43. The largest absolute Gasteiger partial charge is 0.314 e. The lowest BCUT2D eigenvalue weighted by Crippen LogP contribution is -2.37. The van der Waals surface area contributed by atoms with Crippen LogP contribution in [0.25, 0.3) is 0 Å². The standard InChI is InChI=1S/C17H34N2/c1-2-19(17-10-6-5-7-11-17)15-9-4-3-8-14-18-16-12-13-16/h16-18H,2-15H2,1H3. The summed E-state index contributed by atoms with van der Waals surface area (Å²) in [5, 5.41) is 3.61. The maximum atomic E-state index is 3.61. The molecule has 0 heterocycles. The van der Waals surface area contributed by atoms with Gasteiger partial charge in [0.15, 0.2) is 0 Å². The summed E-state index contributed by atoms with van der Waals surface area (Å²) in [7, 11) is 0. The van der Waals surface area contributed by atoms with Crippen LogP contribution in [0.4, 0.5) is 0 Å². The van der Waals surface area contributed by atoms with Gasteiger partial charge in [-0.15, -0.1) is 0 Å². The fraction of sp³-hybridized carbons (Fsp3) is 1.00. The van der Waals surface area contributed by atoms with Crippen LogP contribution in [-0.4, -0.2) is 36.6 Å². The average Bonchev–Trinajstić information content (AvgIpc) is 3.27. The van der Waals surface area contributed by atoms with Gasteiger partial charge < -0.3 is 10.2 Å². The van der Waals surface area contributed by atoms with Crippen molar-refractivity contribution >= 4 is 0 Å². The monoisotopic (exact) mass is 266 g/mol. The minimum absolute atomic E-state index is 0.891. The van der Waals surface area contributed by atoms with E-state index in [1.807, 2.05) is 0 Å². The van der Waals surface area contributed by atoms with E-state index in [1.54, 1.807) is 0 Å². The second kappa shape index (κ2) is 8.97. The molecule has 0 aromatic heterocycles. The van der Waals surface area contributed by atoms with Crippen molar-refractivity contribution in [1.82, 2.24) is 10.2 Å². The summed E-state index contributed by atoms with van der Waals surface area (Å²) in [6, 6.07) is 1.80. The number of unbranched alkanes of at least 4 members (excludes halogenated alkanes) is 3. The summed E-state index contributed by atoms with van der Waals surface area (Å²) in [6.45, 7) is 6.20. The van der Waals surface area contributed by atoms with Crippen molar-refractivity contribution in [3.05, 3.63) is 0 Å². The van der Waals surface area contributed by atoms with Crippen LogP contribution in [0.3, 0.4) is 0 Å². The highest BCUT2D eigenvalue weighted by atomic mass is 15.1. The summed E-state index contributed by atoms with van der Waals surface area (Å²) < 4.78 is 0. The zero-order valence-electron chi connectivity index (χ0n) is 13.0. The van der Waals surface area contributed by atoms with Crippen molar-refractivity contribution in [3.63, 3.8) is 0 Å². The van der Waals surface area contributed by atoms with Gasteiger partial charge in [0.2, 0.25) is 0 Å². The van der Waals surface area contributed by atoms with E-state index in [0.29, 0.717) is 0 Å². The molecule has 2 nitrogen and oxygen atoms in total. The van der Waals surface area contributed by atoms with E-state index in [2.05, 4.69) is 17.1 Å². The normalized spacial score (nSPS) is 21.2. The van der Waals surface area contributed by atoms with Gasteiger partial charge in [-0.3, -0.25) is 0 Å². The van der Waals surface area contributed by atoms with Crippen LogP contribution >= 0.6 is 0 Å². The zero-order valence-corrected chi connectivity index (χ0v) is 13.0. The lowest BCUT2D eigenvalue weighted by Gasteiger charge is -2.33. The molecule has 112 valence electrons. The molecule has 0 atom stereocenters. The minimum atomic E-state index is 0.891. The van der Waals surface area contributed by atoms with Crippen molar-refractivity contribution in [2.24, 2.45) is 0 Å². The molecule has 0 aromatic rings. The Morgan fingerprint density at radius 1 is 0.895 bits per heavy atom. The maximum Gasteiger partial charge on any atom is 0.00951 e. The van der Waals surface area contributed by atoms with Crippen LogP contribution in [0.15, 0.2) is 0 Å². The first-order chi connectivity index (χ1) is 9.40. The minimum Gasteiger partial charge on any atom is -0.314 e. The SMILES string of the molecule is CCN(CCCCCCNC1CC1)C1CCCCC1. The third kappa shape index (κ3) is 6.27. The third-order valence-electron chi connectivity index (χ3n) is 4.88. The van der Waals surface area contributed by atoms with Gasteiger partial charge in [0.25, 0.3) is 0 Å². The predicted molar refractivity (Wildman–Crippen MR) is 83.6 cm³/mol. The topological polar surface area (TPSA) is 15.3 Å². The van der Waals surface area contributed by atoms with Gasteiger partial charge in [-0.2, -0.15) is 0 Å². The van der Waals surface area contributed by atoms with Crippen molar-refractivity contribution < 1.29 is 0 Å². The molecule has 2 heteroatoms. The third-order valence-corrected chi connectivity index (χ3v) is 4.88. The molecule has 0 saturated heterocycles. The van der Waals surface area contributed by atoms with Crippen LogP contribution < -0.4 is 5.32 Å². The van der Waals surface area contributed by atoms with Crippen LogP contribution in [-0.2, 0) is 0 Å². The van der Waals surface area contributed by atoms with Crippen molar-refractivity contribution in [3.8, 4) is 0 Å². The Morgan fingerprint density at radius 2 is 1.63 bits per heavy atom. The molecule has 0 aliphatic heterocycles. The Morgan fingerprint density at radius 3 is 2.32 bits per heavy atom. The van der Waals surface area contributed by atoms with Gasteiger partial charge in [-0.05, 0) is 58.2 Å². The maximum absolute atomic E-state index is 3.61. The molecule has 0 bridgehead atoms. The van der Waals surface area contributed by atoms with Gasteiger partial charge in [0.05, 0.1) is 0 Å². The molecule has 0 unspecified atom stereocenters. The van der Waals surface area contributed by atoms with Crippen LogP contribution in [0.5, 0.6) is 0 Å². The fourth-order valence-electron chi connectivity index (χ4n) is 3.43. The summed E-state index contributed by atoms with van der Waals surface area (Å²) in [5.41, 5.74) is 0. The van der Waals surface area contributed by atoms with Crippen LogP contribution in [0.1, 0.15) is 77.6 Å². The molecule has 0 radical (unpaired) electrons. The Labute approximate surface area is 120 Å². The number of rotatable bonds is 10. The summed E-state index contributed by atoms with van der Waals surface area (Å²) in [5.74, 6) is 0. The second-order valence-electron chi connectivity index (χ2n) is 6.56. The van der Waals surface area contributed by atoms with Gasteiger partial charge in [0.1, 0.15) is 0 Å². The van der Waals surface area contributed by atoms with Crippen LogP contribution in [0, 0.1) is 0 Å². The highest BCUT2D eigenvalue weighted by Crippen LogP contribution is 2.23. The van der Waals surface area contributed by atoms with E-state index in [-0.39, 0.29) is 0 Å². The molecule has 0 aromatic carbocycles. The number of hydrogen-bond donors (Lipinski definition) is 1. The van der Waals surface area contributed by atoms with Gasteiger partial charge in [-0.25, -0.2) is 0 Å². The Kier molecular flexibility index (Phi) is 7.23.